The van der Waals surface area contributed by atoms with Gasteiger partial charge in [0.25, 0.3) is 0 Å². The second-order valence-electron chi connectivity index (χ2n) is 7.10. The largest absolute Gasteiger partial charge is 0.366 e. The summed E-state index contributed by atoms with van der Waals surface area (Å²) in [5.41, 5.74) is 3.29. The van der Waals surface area contributed by atoms with Crippen LogP contribution < -0.4 is 10.2 Å². The van der Waals surface area contributed by atoms with Gasteiger partial charge in [0.05, 0.1) is 17.9 Å². The number of aliphatic imine (C=N–C) groups is 1. The maximum atomic E-state index is 14.0. The molecular weight excluding hydrogens is 501 g/mol. The van der Waals surface area contributed by atoms with Crippen molar-refractivity contribution in [3.05, 3.63) is 65.6 Å². The number of nitrogens with zero attached hydrogens (tertiary/aromatic N) is 5. The van der Waals surface area contributed by atoms with Crippen molar-refractivity contribution >= 4 is 41.3 Å². The fraction of sp³-hybridized carbons (Fsp3) is 0.333. The van der Waals surface area contributed by atoms with Gasteiger partial charge in [-0.05, 0) is 31.2 Å². The molecule has 2 aromatic heterocycles. The van der Waals surface area contributed by atoms with Crippen molar-refractivity contribution in [3.8, 4) is 0 Å². The van der Waals surface area contributed by atoms with Crippen molar-refractivity contribution in [3.63, 3.8) is 0 Å². The van der Waals surface area contributed by atoms with E-state index in [9.17, 15) is 8.78 Å². The van der Waals surface area contributed by atoms with Gasteiger partial charge in [0, 0.05) is 51.2 Å². The number of pyridine rings is 1. The minimum Gasteiger partial charge on any atom is -0.366 e. The van der Waals surface area contributed by atoms with Crippen LogP contribution >= 0.6 is 24.0 Å². The Bertz CT molecular complexity index is 1040. The Labute approximate surface area is 191 Å². The average Bonchev–Trinajstić information content (AvgIpc) is 3.15. The number of anilines is 1. The first kappa shape index (κ1) is 22.3. The molecule has 1 saturated heterocycles. The Hall–Kier alpha value is -2.43. The number of hydrogen-bond acceptors (Lipinski definition) is 3. The topological polar surface area (TPSA) is 48.2 Å². The van der Waals surface area contributed by atoms with Crippen LogP contribution in [0.3, 0.4) is 0 Å². The predicted molar refractivity (Wildman–Crippen MR) is 126 cm³/mol. The molecule has 0 radical (unpaired) electrons. The zero-order chi connectivity index (χ0) is 20.4. The number of guanidine groups is 1. The minimum absolute atomic E-state index is 0. The maximum Gasteiger partial charge on any atom is 0.194 e. The molecular formula is C21H25F2IN6. The van der Waals surface area contributed by atoms with Crippen molar-refractivity contribution in [1.29, 1.82) is 0 Å². The lowest BCUT2D eigenvalue weighted by atomic mass is 10.2. The summed E-state index contributed by atoms with van der Waals surface area (Å²) in [5.74, 6) is -0.0494. The molecule has 1 aliphatic heterocycles. The Morgan fingerprint density at radius 3 is 2.60 bits per heavy atom. The summed E-state index contributed by atoms with van der Waals surface area (Å²) in [7, 11) is 1.74. The van der Waals surface area contributed by atoms with Crippen LogP contribution in [-0.2, 0) is 6.54 Å². The zero-order valence-electron chi connectivity index (χ0n) is 17.0. The highest BCUT2D eigenvalue weighted by molar-refractivity contribution is 14.0. The van der Waals surface area contributed by atoms with Gasteiger partial charge in [-0.3, -0.25) is 4.99 Å². The number of rotatable bonds is 3. The van der Waals surface area contributed by atoms with Crippen LogP contribution in [0.25, 0.3) is 5.65 Å². The smallest absolute Gasteiger partial charge is 0.194 e. The first-order valence-electron chi connectivity index (χ1n) is 9.64. The van der Waals surface area contributed by atoms with Crippen molar-refractivity contribution in [2.75, 3.05) is 38.1 Å². The van der Waals surface area contributed by atoms with Gasteiger partial charge in [0.15, 0.2) is 5.96 Å². The number of aryl methyl sites for hydroxylation is 1. The monoisotopic (exact) mass is 526 g/mol. The molecule has 1 fully saturated rings. The average molecular weight is 526 g/mol. The number of piperazine rings is 1. The number of fused-ring (bicyclic) bond motifs is 1. The minimum atomic E-state index is -0.427. The molecule has 3 aromatic rings. The molecule has 160 valence electrons. The lowest BCUT2D eigenvalue weighted by molar-refractivity contribution is 0.370. The fourth-order valence-corrected chi connectivity index (χ4v) is 3.67. The molecule has 6 nitrogen and oxygen atoms in total. The summed E-state index contributed by atoms with van der Waals surface area (Å²) >= 11 is 0. The lowest BCUT2D eigenvalue weighted by Crippen LogP contribution is -2.52. The standard InChI is InChI=1S/C21H24F2N6.HI/c1-15-4-3-5-20-26-17(14-29(15)20)13-25-21(24-2)28-10-8-27(9-11-28)19-12-16(22)6-7-18(19)23;/h3-7,12,14H,8-11,13H2,1-2H3,(H,24,25);1H. The van der Waals surface area contributed by atoms with E-state index in [1.54, 1.807) is 7.05 Å². The third-order valence-corrected chi connectivity index (χ3v) is 5.21. The van der Waals surface area contributed by atoms with Crippen molar-refractivity contribution < 1.29 is 8.78 Å². The summed E-state index contributed by atoms with van der Waals surface area (Å²) in [6.45, 7) is 5.13. The van der Waals surface area contributed by atoms with Crippen LogP contribution in [0.15, 0.2) is 47.6 Å². The van der Waals surface area contributed by atoms with E-state index in [4.69, 9.17) is 0 Å². The summed E-state index contributed by atoms with van der Waals surface area (Å²) in [6, 6.07) is 9.59. The SMILES string of the molecule is CN=C(NCc1cn2c(C)cccc2n1)N1CCN(c2cc(F)ccc2F)CC1.I. The van der Waals surface area contributed by atoms with E-state index in [1.807, 2.05) is 36.2 Å². The number of nitrogens with one attached hydrogen (secondary N) is 1. The highest BCUT2D eigenvalue weighted by Crippen LogP contribution is 2.22. The molecule has 9 heteroatoms. The molecule has 30 heavy (non-hydrogen) atoms. The third kappa shape index (κ3) is 4.66. The molecule has 1 N–H and O–H groups in total. The van der Waals surface area contributed by atoms with Gasteiger partial charge in [-0.1, -0.05) is 6.07 Å². The number of halogens is 3. The van der Waals surface area contributed by atoms with Crippen LogP contribution in [0.2, 0.25) is 0 Å². The van der Waals surface area contributed by atoms with Crippen molar-refractivity contribution in [2.45, 2.75) is 13.5 Å². The summed E-state index contributed by atoms with van der Waals surface area (Å²) < 4.78 is 29.6. The third-order valence-electron chi connectivity index (χ3n) is 5.21. The molecule has 0 amide bonds. The number of imidazole rings is 1. The molecule has 3 heterocycles. The number of aromatic nitrogens is 2. The molecule has 1 aromatic carbocycles. The molecule has 4 rings (SSSR count). The van der Waals surface area contributed by atoms with Crippen LogP contribution in [0.4, 0.5) is 14.5 Å². The Balaban J connectivity index is 0.00000256. The normalized spacial score (nSPS) is 14.7. The van der Waals surface area contributed by atoms with Gasteiger partial charge >= 0.3 is 0 Å². The Morgan fingerprint density at radius 2 is 1.90 bits per heavy atom. The summed E-state index contributed by atoms with van der Waals surface area (Å²) in [4.78, 5) is 13.0. The fourth-order valence-electron chi connectivity index (χ4n) is 3.67. The van der Waals surface area contributed by atoms with Gasteiger partial charge in [-0.2, -0.15) is 0 Å². The highest BCUT2D eigenvalue weighted by atomic mass is 127. The molecule has 0 aliphatic carbocycles. The van der Waals surface area contributed by atoms with Crippen molar-refractivity contribution in [1.82, 2.24) is 19.6 Å². The van der Waals surface area contributed by atoms with E-state index in [0.29, 0.717) is 38.4 Å². The Morgan fingerprint density at radius 1 is 1.13 bits per heavy atom. The summed E-state index contributed by atoms with van der Waals surface area (Å²) in [5, 5.41) is 3.36. The van der Waals surface area contributed by atoms with Gasteiger partial charge < -0.3 is 19.5 Å². The molecule has 0 atom stereocenters. The van der Waals surface area contributed by atoms with Gasteiger partial charge in [-0.15, -0.1) is 24.0 Å². The zero-order valence-corrected chi connectivity index (χ0v) is 19.3. The van der Waals surface area contributed by atoms with E-state index < -0.39 is 11.6 Å². The maximum absolute atomic E-state index is 14.0. The van der Waals surface area contributed by atoms with Crippen LogP contribution in [-0.4, -0.2) is 53.5 Å². The van der Waals surface area contributed by atoms with E-state index in [2.05, 4.69) is 24.6 Å². The number of benzene rings is 1. The molecule has 0 spiro atoms. The lowest BCUT2D eigenvalue weighted by Gasteiger charge is -2.37. The highest BCUT2D eigenvalue weighted by Gasteiger charge is 2.22. The van der Waals surface area contributed by atoms with E-state index >= 15 is 0 Å². The van der Waals surface area contributed by atoms with E-state index in [1.165, 1.54) is 12.1 Å². The second-order valence-corrected chi connectivity index (χ2v) is 7.10. The van der Waals surface area contributed by atoms with Gasteiger partial charge in [0.1, 0.15) is 17.3 Å². The summed E-state index contributed by atoms with van der Waals surface area (Å²) in [6.07, 6.45) is 2.02. The quantitative estimate of drug-likeness (QED) is 0.323. The van der Waals surface area contributed by atoms with Gasteiger partial charge in [0.2, 0.25) is 0 Å². The van der Waals surface area contributed by atoms with Crippen LogP contribution in [0.5, 0.6) is 0 Å². The van der Waals surface area contributed by atoms with Crippen LogP contribution in [0.1, 0.15) is 11.4 Å². The molecule has 0 unspecified atom stereocenters. The van der Waals surface area contributed by atoms with Crippen LogP contribution in [0, 0.1) is 18.6 Å². The second kappa shape index (κ2) is 9.59. The first-order valence-corrected chi connectivity index (χ1v) is 9.64. The molecule has 0 bridgehead atoms. The first-order chi connectivity index (χ1) is 14.0. The Kier molecular flexibility index (Phi) is 7.11. The molecule has 1 aliphatic rings. The van der Waals surface area contributed by atoms with Crippen molar-refractivity contribution in [2.24, 2.45) is 4.99 Å². The molecule has 0 saturated carbocycles. The predicted octanol–water partition coefficient (Wildman–Crippen LogP) is 3.44. The van der Waals surface area contributed by atoms with E-state index in [0.717, 1.165) is 29.1 Å². The van der Waals surface area contributed by atoms with Gasteiger partial charge in [-0.25, -0.2) is 13.8 Å². The number of hydrogen-bond donors (Lipinski definition) is 1. The van der Waals surface area contributed by atoms with E-state index in [-0.39, 0.29) is 24.0 Å².